The van der Waals surface area contributed by atoms with Gasteiger partial charge in [-0.05, 0) is 25.8 Å². The normalized spacial score (nSPS) is 14.2. The number of allylic oxidation sites excluding steroid dienone is 1. The molecule has 0 amide bonds. The summed E-state index contributed by atoms with van der Waals surface area (Å²) in [6.45, 7) is 7.95. The smallest absolute Gasteiger partial charge is 0.155 e. The summed E-state index contributed by atoms with van der Waals surface area (Å²) in [6, 6.07) is 0. The van der Waals surface area contributed by atoms with Gasteiger partial charge in [0.2, 0.25) is 0 Å². The van der Waals surface area contributed by atoms with E-state index in [0.29, 0.717) is 19.4 Å². The quantitative estimate of drug-likeness (QED) is 0.711. The number of ketones is 1. The second kappa shape index (κ2) is 6.44. The van der Waals surface area contributed by atoms with E-state index in [-0.39, 0.29) is 17.8 Å². The predicted octanol–water partition coefficient (Wildman–Crippen LogP) is 1.51. The van der Waals surface area contributed by atoms with Crippen molar-refractivity contribution in [3.05, 3.63) is 24.5 Å². The van der Waals surface area contributed by atoms with Crippen LogP contribution in [0.4, 0.5) is 0 Å². The van der Waals surface area contributed by atoms with E-state index in [1.807, 2.05) is 20.0 Å². The van der Waals surface area contributed by atoms with Gasteiger partial charge in [0.25, 0.3) is 0 Å². The lowest BCUT2D eigenvalue weighted by Gasteiger charge is -2.30. The van der Waals surface area contributed by atoms with Crippen molar-refractivity contribution in [2.75, 3.05) is 6.61 Å². The fraction of sp³-hybridized carbons (Fsp3) is 0.615. The molecule has 0 bridgehead atoms. The first-order chi connectivity index (χ1) is 8.55. The maximum Gasteiger partial charge on any atom is 0.155 e. The van der Waals surface area contributed by atoms with Crippen LogP contribution >= 0.6 is 0 Å². The fourth-order valence-electron chi connectivity index (χ4n) is 1.92. The lowest BCUT2D eigenvalue weighted by Crippen LogP contribution is -2.31. The van der Waals surface area contributed by atoms with Crippen molar-refractivity contribution in [1.82, 2.24) is 15.0 Å². The van der Waals surface area contributed by atoms with E-state index in [1.165, 1.54) is 6.08 Å². The van der Waals surface area contributed by atoms with Gasteiger partial charge in [-0.2, -0.15) is 0 Å². The van der Waals surface area contributed by atoms with Crippen molar-refractivity contribution in [1.29, 1.82) is 0 Å². The van der Waals surface area contributed by atoms with Gasteiger partial charge in [0.1, 0.15) is 0 Å². The Kier molecular flexibility index (Phi) is 5.22. The van der Waals surface area contributed by atoms with Gasteiger partial charge >= 0.3 is 0 Å². The lowest BCUT2D eigenvalue weighted by atomic mass is 9.80. The maximum atomic E-state index is 11.3. The monoisotopic (exact) mass is 251 g/mol. The number of nitrogens with zero attached hydrogens (tertiary/aromatic N) is 3. The van der Waals surface area contributed by atoms with Crippen LogP contribution < -0.4 is 0 Å². The van der Waals surface area contributed by atoms with Crippen LogP contribution in [0.5, 0.6) is 0 Å². The molecule has 5 heteroatoms. The van der Waals surface area contributed by atoms with E-state index >= 15 is 0 Å². The third kappa shape index (κ3) is 3.77. The molecule has 0 aliphatic heterocycles. The van der Waals surface area contributed by atoms with Crippen LogP contribution in [-0.2, 0) is 11.3 Å². The first kappa shape index (κ1) is 14.6. The van der Waals surface area contributed by atoms with E-state index in [1.54, 1.807) is 4.68 Å². The number of hydrogen-bond donors (Lipinski definition) is 1. The highest BCUT2D eigenvalue weighted by molar-refractivity contribution is 5.88. The molecule has 1 heterocycles. The molecule has 0 aliphatic carbocycles. The minimum Gasteiger partial charge on any atom is -0.396 e. The largest absolute Gasteiger partial charge is 0.396 e. The molecule has 0 aromatic carbocycles. The second-order valence-electron chi connectivity index (χ2n) is 4.74. The highest BCUT2D eigenvalue weighted by Gasteiger charge is 2.29. The zero-order chi connectivity index (χ0) is 13.6. The maximum absolute atomic E-state index is 11.3. The third-order valence-electron chi connectivity index (χ3n) is 3.37. The molecule has 100 valence electrons. The topological polar surface area (TPSA) is 68.0 Å². The molecule has 0 fully saturated rings. The first-order valence-corrected chi connectivity index (χ1v) is 6.18. The number of rotatable bonds is 8. The Labute approximate surface area is 108 Å². The van der Waals surface area contributed by atoms with Crippen LogP contribution in [0.2, 0.25) is 0 Å². The molecule has 0 radical (unpaired) electrons. The highest BCUT2D eigenvalue weighted by Crippen LogP contribution is 2.29. The average Bonchev–Trinajstić information content (AvgIpc) is 2.79. The van der Waals surface area contributed by atoms with Crippen LogP contribution in [0.25, 0.3) is 0 Å². The standard InChI is InChI=1S/C13H21N3O2/c1-4-12(18)6-7-13(5-2,10-17)9-16-8-11(3)14-15-16/h4,8,17H,1,5-7,9-10H2,2-3H3. The molecule has 0 saturated heterocycles. The van der Waals surface area contributed by atoms with Crippen molar-refractivity contribution >= 4 is 5.78 Å². The SMILES string of the molecule is C=CC(=O)CCC(CC)(CO)Cn1cc(C)nn1. The van der Waals surface area contributed by atoms with Crippen LogP contribution in [0, 0.1) is 12.3 Å². The van der Waals surface area contributed by atoms with Crippen molar-refractivity contribution in [3.8, 4) is 0 Å². The summed E-state index contributed by atoms with van der Waals surface area (Å²) in [7, 11) is 0. The number of aliphatic hydroxyl groups excluding tert-OH is 1. The Bertz CT molecular complexity index is 408. The molecule has 1 rings (SSSR count). The molecule has 1 N–H and O–H groups in total. The summed E-state index contributed by atoms with van der Waals surface area (Å²) < 4.78 is 1.73. The average molecular weight is 251 g/mol. The van der Waals surface area contributed by atoms with Gasteiger partial charge in [-0.15, -0.1) is 5.10 Å². The number of hydrogen-bond acceptors (Lipinski definition) is 4. The molecule has 18 heavy (non-hydrogen) atoms. The molecular weight excluding hydrogens is 230 g/mol. The third-order valence-corrected chi connectivity index (χ3v) is 3.37. The molecule has 0 saturated carbocycles. The van der Waals surface area contributed by atoms with Gasteiger partial charge in [-0.25, -0.2) is 0 Å². The van der Waals surface area contributed by atoms with E-state index in [0.717, 1.165) is 12.1 Å². The van der Waals surface area contributed by atoms with E-state index in [4.69, 9.17) is 0 Å². The summed E-state index contributed by atoms with van der Waals surface area (Å²) in [5, 5.41) is 17.6. The zero-order valence-corrected chi connectivity index (χ0v) is 11.1. The van der Waals surface area contributed by atoms with Gasteiger partial charge in [-0.3, -0.25) is 9.48 Å². The van der Waals surface area contributed by atoms with Crippen LogP contribution in [0.15, 0.2) is 18.9 Å². The molecule has 1 atom stereocenters. The summed E-state index contributed by atoms with van der Waals surface area (Å²) in [6.07, 6.45) is 5.00. The minimum absolute atomic E-state index is 0.0102. The van der Waals surface area contributed by atoms with E-state index < -0.39 is 0 Å². The molecule has 1 aromatic rings. The van der Waals surface area contributed by atoms with Crippen molar-refractivity contribution in [3.63, 3.8) is 0 Å². The van der Waals surface area contributed by atoms with Gasteiger partial charge in [0.15, 0.2) is 5.78 Å². The fourth-order valence-corrected chi connectivity index (χ4v) is 1.92. The Hall–Kier alpha value is -1.49. The van der Waals surface area contributed by atoms with Crippen LogP contribution in [0.1, 0.15) is 31.9 Å². The number of aromatic nitrogens is 3. The number of carbonyl (C=O) groups excluding carboxylic acids is 1. The first-order valence-electron chi connectivity index (χ1n) is 6.18. The Morgan fingerprint density at radius 3 is 2.83 bits per heavy atom. The Morgan fingerprint density at radius 1 is 1.67 bits per heavy atom. The van der Waals surface area contributed by atoms with Crippen molar-refractivity contribution < 1.29 is 9.90 Å². The van der Waals surface area contributed by atoms with Gasteiger partial charge in [0.05, 0.1) is 18.8 Å². The highest BCUT2D eigenvalue weighted by atomic mass is 16.3. The molecule has 0 aliphatic rings. The van der Waals surface area contributed by atoms with Crippen LogP contribution in [-0.4, -0.2) is 32.5 Å². The summed E-state index contributed by atoms with van der Waals surface area (Å²) >= 11 is 0. The summed E-state index contributed by atoms with van der Waals surface area (Å²) in [4.78, 5) is 11.3. The summed E-state index contributed by atoms with van der Waals surface area (Å²) in [5.74, 6) is 0.0102. The Balaban J connectivity index is 2.72. The van der Waals surface area contributed by atoms with Gasteiger partial charge in [0, 0.05) is 18.0 Å². The predicted molar refractivity (Wildman–Crippen MR) is 69.0 cm³/mol. The van der Waals surface area contributed by atoms with Crippen LogP contribution in [0.3, 0.4) is 0 Å². The second-order valence-corrected chi connectivity index (χ2v) is 4.74. The minimum atomic E-state index is -0.321. The molecule has 0 spiro atoms. The Morgan fingerprint density at radius 2 is 2.39 bits per heavy atom. The van der Waals surface area contributed by atoms with Crippen molar-refractivity contribution in [2.45, 2.75) is 39.7 Å². The summed E-state index contributed by atoms with van der Waals surface area (Å²) in [5.41, 5.74) is 0.527. The number of aryl methyl sites for hydroxylation is 1. The molecule has 1 unspecified atom stereocenters. The molecule has 1 aromatic heterocycles. The van der Waals surface area contributed by atoms with Crippen molar-refractivity contribution in [2.24, 2.45) is 5.41 Å². The van der Waals surface area contributed by atoms with E-state index in [2.05, 4.69) is 16.9 Å². The molecule has 5 nitrogen and oxygen atoms in total. The lowest BCUT2D eigenvalue weighted by molar-refractivity contribution is -0.115. The molecular formula is C13H21N3O2. The van der Waals surface area contributed by atoms with Gasteiger partial charge in [-0.1, -0.05) is 18.7 Å². The van der Waals surface area contributed by atoms with E-state index in [9.17, 15) is 9.90 Å². The number of aliphatic hydroxyl groups is 1. The zero-order valence-electron chi connectivity index (χ0n) is 11.1. The van der Waals surface area contributed by atoms with Gasteiger partial charge < -0.3 is 5.11 Å². The number of carbonyl (C=O) groups is 1.